The highest BCUT2D eigenvalue weighted by atomic mass is 32.1. The average molecular weight is 328 g/mol. The summed E-state index contributed by atoms with van der Waals surface area (Å²) in [5.41, 5.74) is 5.83. The molecule has 2 aromatic heterocycles. The Bertz CT molecular complexity index is 887. The SMILES string of the molecule is CCn1c(NNC(=O)Cc2cccs2)nc2ccccc2c1=O. The van der Waals surface area contributed by atoms with E-state index in [-0.39, 0.29) is 17.9 Å². The molecule has 6 nitrogen and oxygen atoms in total. The highest BCUT2D eigenvalue weighted by Crippen LogP contribution is 2.11. The van der Waals surface area contributed by atoms with Crippen molar-refractivity contribution in [1.82, 2.24) is 15.0 Å². The summed E-state index contributed by atoms with van der Waals surface area (Å²) in [6, 6.07) is 11.0. The van der Waals surface area contributed by atoms with Crippen molar-refractivity contribution >= 4 is 34.1 Å². The number of hydrazine groups is 1. The van der Waals surface area contributed by atoms with Gasteiger partial charge in [-0.25, -0.2) is 4.98 Å². The van der Waals surface area contributed by atoms with Crippen LogP contribution < -0.4 is 16.4 Å². The molecule has 0 saturated carbocycles. The minimum absolute atomic E-state index is 0.131. The lowest BCUT2D eigenvalue weighted by molar-refractivity contribution is -0.119. The van der Waals surface area contributed by atoms with Crippen LogP contribution in [0.1, 0.15) is 11.8 Å². The van der Waals surface area contributed by atoms with Gasteiger partial charge in [0.2, 0.25) is 11.9 Å². The number of para-hydroxylation sites is 1. The summed E-state index contributed by atoms with van der Waals surface area (Å²) in [5, 5.41) is 2.49. The molecule has 0 aliphatic heterocycles. The minimum Gasteiger partial charge on any atom is -0.277 e. The van der Waals surface area contributed by atoms with Crippen LogP contribution in [0.5, 0.6) is 0 Å². The normalized spacial score (nSPS) is 10.7. The second kappa shape index (κ2) is 6.62. The number of amides is 1. The molecule has 7 heteroatoms. The fourth-order valence-corrected chi connectivity index (χ4v) is 3.00. The standard InChI is InChI=1S/C16H16N4O2S/c1-2-20-15(22)12-7-3-4-8-13(12)17-16(20)19-18-14(21)10-11-6-5-9-23-11/h3-9H,2,10H2,1H3,(H,17,19)(H,18,21). The minimum atomic E-state index is -0.183. The van der Waals surface area contributed by atoms with Crippen LogP contribution in [-0.2, 0) is 17.8 Å². The van der Waals surface area contributed by atoms with Crippen LogP contribution in [0.2, 0.25) is 0 Å². The Labute approximate surface area is 136 Å². The Morgan fingerprint density at radius 2 is 2.09 bits per heavy atom. The Kier molecular flexibility index (Phi) is 4.38. The Morgan fingerprint density at radius 1 is 1.26 bits per heavy atom. The first-order valence-corrected chi connectivity index (χ1v) is 8.14. The van der Waals surface area contributed by atoms with Crippen molar-refractivity contribution in [3.8, 4) is 0 Å². The summed E-state index contributed by atoms with van der Waals surface area (Å²) >= 11 is 1.53. The molecule has 2 N–H and O–H groups in total. The van der Waals surface area contributed by atoms with Gasteiger partial charge in [0, 0.05) is 11.4 Å². The quantitative estimate of drug-likeness (QED) is 0.704. The molecule has 0 aliphatic rings. The zero-order chi connectivity index (χ0) is 16.2. The van der Waals surface area contributed by atoms with Gasteiger partial charge in [0.25, 0.3) is 5.56 Å². The van der Waals surface area contributed by atoms with Crippen molar-refractivity contribution in [1.29, 1.82) is 0 Å². The summed E-state index contributed by atoms with van der Waals surface area (Å²) in [6.07, 6.45) is 0.286. The predicted molar refractivity (Wildman–Crippen MR) is 91.5 cm³/mol. The number of hydrogen-bond acceptors (Lipinski definition) is 5. The van der Waals surface area contributed by atoms with E-state index in [4.69, 9.17) is 0 Å². The van der Waals surface area contributed by atoms with Gasteiger partial charge < -0.3 is 0 Å². The maximum Gasteiger partial charge on any atom is 0.262 e. The number of benzene rings is 1. The van der Waals surface area contributed by atoms with Crippen LogP contribution in [0, 0.1) is 0 Å². The topological polar surface area (TPSA) is 76.0 Å². The van der Waals surface area contributed by atoms with Gasteiger partial charge in [-0.2, -0.15) is 0 Å². The molecule has 0 saturated heterocycles. The third-order valence-electron chi connectivity index (χ3n) is 3.41. The molecule has 3 aromatic rings. The van der Waals surface area contributed by atoms with Gasteiger partial charge in [0.15, 0.2) is 0 Å². The zero-order valence-electron chi connectivity index (χ0n) is 12.6. The first-order valence-electron chi connectivity index (χ1n) is 7.26. The van der Waals surface area contributed by atoms with Crippen molar-refractivity contribution < 1.29 is 4.79 Å². The zero-order valence-corrected chi connectivity index (χ0v) is 13.4. The van der Waals surface area contributed by atoms with E-state index in [1.165, 1.54) is 15.9 Å². The lowest BCUT2D eigenvalue weighted by Crippen LogP contribution is -2.35. The fraction of sp³-hybridized carbons (Fsp3) is 0.188. The number of nitrogens with one attached hydrogen (secondary N) is 2. The van der Waals surface area contributed by atoms with Crippen LogP contribution >= 0.6 is 11.3 Å². The summed E-state index contributed by atoms with van der Waals surface area (Å²) in [6.45, 7) is 2.32. The van der Waals surface area contributed by atoms with E-state index in [1.807, 2.05) is 30.5 Å². The van der Waals surface area contributed by atoms with Gasteiger partial charge in [-0.3, -0.25) is 25.0 Å². The Hall–Kier alpha value is -2.67. The van der Waals surface area contributed by atoms with E-state index < -0.39 is 0 Å². The van der Waals surface area contributed by atoms with Gasteiger partial charge in [0.1, 0.15) is 0 Å². The molecular formula is C16H16N4O2S. The fourth-order valence-electron chi connectivity index (χ4n) is 2.30. The van der Waals surface area contributed by atoms with Crippen molar-refractivity contribution in [2.24, 2.45) is 0 Å². The number of carbonyl (C=O) groups excluding carboxylic acids is 1. The molecule has 0 fully saturated rings. The van der Waals surface area contributed by atoms with Crippen LogP contribution in [0.25, 0.3) is 10.9 Å². The highest BCUT2D eigenvalue weighted by Gasteiger charge is 2.10. The highest BCUT2D eigenvalue weighted by molar-refractivity contribution is 7.10. The third kappa shape index (κ3) is 3.24. The smallest absolute Gasteiger partial charge is 0.262 e. The second-order valence-corrected chi connectivity index (χ2v) is 5.96. The lowest BCUT2D eigenvalue weighted by Gasteiger charge is -2.13. The molecule has 0 spiro atoms. The molecule has 1 aromatic carbocycles. The molecule has 1 amide bonds. The number of rotatable bonds is 5. The summed E-state index contributed by atoms with van der Waals surface area (Å²) in [5.74, 6) is 0.147. The van der Waals surface area contributed by atoms with Crippen LogP contribution in [0.4, 0.5) is 5.95 Å². The summed E-state index contributed by atoms with van der Waals surface area (Å²) in [4.78, 5) is 29.8. The van der Waals surface area contributed by atoms with Crippen molar-refractivity contribution in [3.05, 3.63) is 57.0 Å². The Morgan fingerprint density at radius 3 is 2.83 bits per heavy atom. The molecule has 0 bridgehead atoms. The first-order chi connectivity index (χ1) is 11.2. The van der Waals surface area contributed by atoms with E-state index in [0.29, 0.717) is 23.4 Å². The summed E-state index contributed by atoms with van der Waals surface area (Å²) in [7, 11) is 0. The molecular weight excluding hydrogens is 312 g/mol. The largest absolute Gasteiger partial charge is 0.277 e. The van der Waals surface area contributed by atoms with Gasteiger partial charge in [-0.15, -0.1) is 11.3 Å². The van der Waals surface area contributed by atoms with Gasteiger partial charge in [-0.05, 0) is 30.5 Å². The predicted octanol–water partition coefficient (Wildman–Crippen LogP) is 2.16. The first kappa shape index (κ1) is 15.2. The van der Waals surface area contributed by atoms with Crippen molar-refractivity contribution in [3.63, 3.8) is 0 Å². The summed E-state index contributed by atoms with van der Waals surface area (Å²) < 4.78 is 1.49. The number of fused-ring (bicyclic) bond motifs is 1. The number of nitrogens with zero attached hydrogens (tertiary/aromatic N) is 2. The second-order valence-electron chi connectivity index (χ2n) is 4.93. The van der Waals surface area contributed by atoms with Crippen LogP contribution in [0.3, 0.4) is 0 Å². The monoisotopic (exact) mass is 328 g/mol. The van der Waals surface area contributed by atoms with E-state index in [1.54, 1.807) is 18.2 Å². The molecule has 0 aliphatic carbocycles. The molecule has 3 rings (SSSR count). The molecule has 0 radical (unpaired) electrons. The molecule has 23 heavy (non-hydrogen) atoms. The molecule has 0 unspecified atom stereocenters. The van der Waals surface area contributed by atoms with Crippen molar-refractivity contribution in [2.75, 3.05) is 5.43 Å². The molecule has 0 atom stereocenters. The number of aromatic nitrogens is 2. The maximum absolute atomic E-state index is 12.5. The van der Waals surface area contributed by atoms with Crippen molar-refractivity contribution in [2.45, 2.75) is 19.9 Å². The molecule has 2 heterocycles. The maximum atomic E-state index is 12.5. The van der Waals surface area contributed by atoms with E-state index in [9.17, 15) is 9.59 Å². The van der Waals surface area contributed by atoms with E-state index >= 15 is 0 Å². The molecule has 118 valence electrons. The van der Waals surface area contributed by atoms with E-state index in [2.05, 4.69) is 15.8 Å². The van der Waals surface area contributed by atoms with Gasteiger partial charge in [-0.1, -0.05) is 18.2 Å². The number of hydrogen-bond donors (Lipinski definition) is 2. The van der Waals surface area contributed by atoms with Crippen LogP contribution in [-0.4, -0.2) is 15.5 Å². The Balaban J connectivity index is 1.82. The number of thiophene rings is 1. The van der Waals surface area contributed by atoms with Gasteiger partial charge >= 0.3 is 0 Å². The number of anilines is 1. The average Bonchev–Trinajstić information content (AvgIpc) is 3.06. The van der Waals surface area contributed by atoms with Gasteiger partial charge in [0.05, 0.1) is 17.3 Å². The van der Waals surface area contributed by atoms with Crippen LogP contribution in [0.15, 0.2) is 46.6 Å². The van der Waals surface area contributed by atoms with E-state index in [0.717, 1.165) is 4.88 Å². The lowest BCUT2D eigenvalue weighted by atomic mass is 10.2. The third-order valence-corrected chi connectivity index (χ3v) is 4.28. The number of carbonyl (C=O) groups is 1.